The highest BCUT2D eigenvalue weighted by molar-refractivity contribution is 6.60. The smallest absolute Gasteiger partial charge is 0.303 e. The van der Waals surface area contributed by atoms with E-state index < -0.39 is 30.0 Å². The van der Waals surface area contributed by atoms with Gasteiger partial charge in [-0.15, -0.1) is 0 Å². The Morgan fingerprint density at radius 1 is 0.778 bits per heavy atom. The Bertz CT molecular complexity index is 488. The molecule has 0 aliphatic rings. The maximum atomic E-state index is 12.8. The first-order chi connectivity index (χ1) is 13.0. The molecule has 0 N–H and O–H groups in total. The van der Waals surface area contributed by atoms with E-state index in [4.69, 9.17) is 0 Å². The summed E-state index contributed by atoms with van der Waals surface area (Å²) >= 11 is 0. The van der Waals surface area contributed by atoms with Gasteiger partial charge in [0.05, 0.1) is 0 Å². The first kappa shape index (κ1) is 25.8. The van der Waals surface area contributed by atoms with Crippen LogP contribution in [0.4, 0.5) is 22.2 Å². The number of halogens is 5. The Balaban J connectivity index is 0.000000503. The fourth-order valence-electron chi connectivity index (χ4n) is 2.31. The van der Waals surface area contributed by atoms with Gasteiger partial charge in [0.1, 0.15) is 0 Å². The zero-order valence-electron chi connectivity index (χ0n) is 16.2. The highest BCUT2D eigenvalue weighted by atomic mass is 19.3. The van der Waals surface area contributed by atoms with Crippen LogP contribution < -0.4 is 5.46 Å². The average molecular weight is 397 g/mol. The molecule has 0 atom stereocenters. The minimum atomic E-state index is -2.37. The van der Waals surface area contributed by atoms with Crippen molar-refractivity contribution >= 4 is 12.6 Å². The monoisotopic (exact) mass is 397 g/mol. The molecular formula is C18H29BF5NO2. The molecule has 3 nitrogen and oxygen atoms in total. The summed E-state index contributed by atoms with van der Waals surface area (Å²) in [6, 6.07) is 1.08. The van der Waals surface area contributed by atoms with Crippen molar-refractivity contribution in [1.29, 1.82) is 0 Å². The summed E-state index contributed by atoms with van der Waals surface area (Å²) in [7, 11) is -2.37. The Morgan fingerprint density at radius 3 is 1.59 bits per heavy atom. The van der Waals surface area contributed by atoms with Crippen LogP contribution in [-0.4, -0.2) is 31.7 Å². The molecule has 27 heavy (non-hydrogen) atoms. The highest BCUT2D eigenvalue weighted by Crippen LogP contribution is 2.09. The van der Waals surface area contributed by atoms with Gasteiger partial charge in [-0.2, -0.15) is 0 Å². The van der Waals surface area contributed by atoms with Gasteiger partial charge >= 0.3 is 7.12 Å². The molecule has 0 saturated carbocycles. The Hall–Kier alpha value is -1.19. The second kappa shape index (κ2) is 15.8. The van der Waals surface area contributed by atoms with Crippen LogP contribution in [0.5, 0.6) is 0 Å². The molecule has 0 saturated heterocycles. The third-order valence-corrected chi connectivity index (χ3v) is 3.96. The van der Waals surface area contributed by atoms with Crippen LogP contribution >= 0.6 is 0 Å². The van der Waals surface area contributed by atoms with Crippen molar-refractivity contribution in [3.8, 4) is 0 Å². The Morgan fingerprint density at radius 2 is 1.22 bits per heavy atom. The fraction of sp³-hybridized carbons (Fsp3) is 0.667. The first-order valence-electron chi connectivity index (χ1n) is 9.37. The first-order valence-corrected chi connectivity index (χ1v) is 9.37. The Kier molecular flexibility index (Phi) is 15.1. The lowest BCUT2D eigenvalue weighted by Crippen LogP contribution is -2.36. The lowest BCUT2D eigenvalue weighted by molar-refractivity contribution is -0.100. The molecule has 0 aliphatic carbocycles. The summed E-state index contributed by atoms with van der Waals surface area (Å²) < 4.78 is 60.7. The zero-order valence-corrected chi connectivity index (χ0v) is 16.2. The maximum absolute atomic E-state index is 12.8. The molecule has 9 heteroatoms. The lowest BCUT2D eigenvalue weighted by Gasteiger charge is -2.21. The number of unbranched alkanes of at least 4 members (excludes halogenated alkanes) is 3. The zero-order chi connectivity index (χ0) is 20.7. The second-order valence-electron chi connectivity index (χ2n) is 6.18. The number of benzene rings is 1. The van der Waals surface area contributed by atoms with Gasteiger partial charge in [-0.3, -0.25) is 0 Å². The summed E-state index contributed by atoms with van der Waals surface area (Å²) in [5.74, 6) is -5.12. The summed E-state index contributed by atoms with van der Waals surface area (Å²) in [4.78, 5) is 8.31. The number of nitrogens with zero attached hydrogens (tertiary/aromatic N) is 1. The number of rotatable bonds is 12. The third kappa shape index (κ3) is 10.1. The predicted molar refractivity (Wildman–Crippen MR) is 97.3 cm³/mol. The molecule has 0 aliphatic heterocycles. The van der Waals surface area contributed by atoms with Crippen LogP contribution in [0.15, 0.2) is 12.1 Å². The number of hydrogen-bond donors (Lipinski definition) is 0. The van der Waals surface area contributed by atoms with E-state index >= 15 is 0 Å². The van der Waals surface area contributed by atoms with Crippen molar-refractivity contribution in [2.75, 3.05) is 19.6 Å². The molecule has 0 amide bonds. The van der Waals surface area contributed by atoms with Crippen LogP contribution in [-0.2, 0) is 9.72 Å². The molecule has 0 heterocycles. The SMILES string of the molecule is CCCCN(CCCC)CCCC.FOB(OF)c1ccc(F)c(F)c1F. The topological polar surface area (TPSA) is 21.7 Å². The van der Waals surface area contributed by atoms with Gasteiger partial charge in [-0.25, -0.2) is 22.9 Å². The van der Waals surface area contributed by atoms with Crippen molar-refractivity contribution in [3.05, 3.63) is 29.6 Å². The van der Waals surface area contributed by atoms with Crippen molar-refractivity contribution in [3.63, 3.8) is 0 Å². The predicted octanol–water partition coefficient (Wildman–Crippen LogP) is 5.29. The molecule has 0 spiro atoms. The molecule has 1 aromatic carbocycles. The van der Waals surface area contributed by atoms with Crippen molar-refractivity contribution < 1.29 is 31.9 Å². The minimum Gasteiger partial charge on any atom is -0.303 e. The van der Waals surface area contributed by atoms with Crippen molar-refractivity contribution in [2.45, 2.75) is 59.3 Å². The summed E-state index contributed by atoms with van der Waals surface area (Å²) in [6.07, 6.45) is 8.09. The van der Waals surface area contributed by atoms with Gasteiger partial charge in [-0.1, -0.05) is 55.2 Å². The molecular weight excluding hydrogens is 368 g/mol. The molecule has 0 aromatic heterocycles. The van der Waals surface area contributed by atoms with E-state index in [0.717, 1.165) is 0 Å². The van der Waals surface area contributed by atoms with Gasteiger partial charge in [-0.05, 0) is 45.0 Å². The quantitative estimate of drug-likeness (QED) is 0.272. The van der Waals surface area contributed by atoms with Crippen LogP contribution in [0.25, 0.3) is 0 Å². The second-order valence-corrected chi connectivity index (χ2v) is 6.18. The van der Waals surface area contributed by atoms with Crippen molar-refractivity contribution in [1.82, 2.24) is 4.90 Å². The summed E-state index contributed by atoms with van der Waals surface area (Å²) in [5, 5.41) is 0. The van der Waals surface area contributed by atoms with E-state index in [1.807, 2.05) is 0 Å². The van der Waals surface area contributed by atoms with Gasteiger partial charge < -0.3 is 4.90 Å². The largest absolute Gasteiger partial charge is 0.571 e. The van der Waals surface area contributed by atoms with E-state index in [1.54, 1.807) is 0 Å². The van der Waals surface area contributed by atoms with Gasteiger partial charge in [0, 0.05) is 5.46 Å². The fourth-order valence-corrected chi connectivity index (χ4v) is 2.31. The summed E-state index contributed by atoms with van der Waals surface area (Å²) in [6.45, 7) is 10.8. The van der Waals surface area contributed by atoms with Crippen LogP contribution in [0.3, 0.4) is 0 Å². The normalized spacial score (nSPS) is 10.7. The summed E-state index contributed by atoms with van der Waals surface area (Å²) in [5.41, 5.74) is -0.922. The molecule has 1 rings (SSSR count). The van der Waals surface area contributed by atoms with Crippen molar-refractivity contribution in [2.24, 2.45) is 0 Å². The molecule has 0 unspecified atom stereocenters. The van der Waals surface area contributed by atoms with Crippen LogP contribution in [0.1, 0.15) is 59.3 Å². The molecule has 0 bridgehead atoms. The van der Waals surface area contributed by atoms with E-state index in [9.17, 15) is 22.2 Å². The van der Waals surface area contributed by atoms with Gasteiger partial charge in [0.25, 0.3) is 0 Å². The van der Waals surface area contributed by atoms with E-state index in [-0.39, 0.29) is 0 Å². The van der Waals surface area contributed by atoms with E-state index in [1.165, 1.54) is 58.2 Å². The molecule has 1 aromatic rings. The highest BCUT2D eigenvalue weighted by Gasteiger charge is 2.30. The molecule has 0 radical (unpaired) electrons. The number of hydrogen-bond acceptors (Lipinski definition) is 3. The van der Waals surface area contributed by atoms with Gasteiger partial charge in [0.15, 0.2) is 17.5 Å². The lowest BCUT2D eigenvalue weighted by atomic mass is 9.79. The van der Waals surface area contributed by atoms with Crippen LogP contribution in [0, 0.1) is 17.5 Å². The standard InChI is InChI=1S/C12H27N.C6H2BF5O2/c1-4-7-10-13(11-8-5-2)12-9-6-3;8-4-2-1-3(5(9)6(4)10)7(13-11)14-12/h4-12H2,1-3H3;1-2H. The van der Waals surface area contributed by atoms with E-state index in [0.29, 0.717) is 12.1 Å². The van der Waals surface area contributed by atoms with Crippen LogP contribution in [0.2, 0.25) is 0 Å². The maximum Gasteiger partial charge on any atom is 0.571 e. The minimum absolute atomic E-state index is 0.485. The molecule has 0 fully saturated rings. The average Bonchev–Trinajstić information content (AvgIpc) is 2.68. The Labute approximate surface area is 158 Å². The van der Waals surface area contributed by atoms with E-state index in [2.05, 4.69) is 35.4 Å². The third-order valence-electron chi connectivity index (χ3n) is 3.96. The van der Waals surface area contributed by atoms with Gasteiger partial charge in [0.2, 0.25) is 0 Å². The molecule has 156 valence electrons.